The lowest BCUT2D eigenvalue weighted by molar-refractivity contribution is -0.254. The predicted octanol–water partition coefficient (Wildman–Crippen LogP) is 2.26. The Labute approximate surface area is 159 Å². The number of imide groups is 1. The monoisotopic (exact) mass is 389 g/mol. The lowest BCUT2D eigenvalue weighted by Gasteiger charge is -2.46. The average Bonchev–Trinajstić information content (AvgIpc) is 3.22. The molecule has 7 nitrogen and oxygen atoms in total. The van der Waals surface area contributed by atoms with E-state index in [0.717, 1.165) is 0 Å². The van der Waals surface area contributed by atoms with Crippen LogP contribution in [0.2, 0.25) is 0 Å². The minimum atomic E-state index is -1.07. The Morgan fingerprint density at radius 1 is 1.38 bits per heavy atom. The maximum absolute atomic E-state index is 13.2. The van der Waals surface area contributed by atoms with Crippen LogP contribution >= 0.6 is 11.8 Å². The summed E-state index contributed by atoms with van der Waals surface area (Å²) in [4.78, 5) is 26.5. The average molecular weight is 390 g/mol. The fourth-order valence-electron chi connectivity index (χ4n) is 3.77. The Morgan fingerprint density at radius 3 is 2.42 bits per heavy atom. The van der Waals surface area contributed by atoms with Gasteiger partial charge in [0.05, 0.1) is 25.4 Å². The van der Waals surface area contributed by atoms with Gasteiger partial charge in [0.15, 0.2) is 5.79 Å². The summed E-state index contributed by atoms with van der Waals surface area (Å²) in [5.74, 6) is -1.31. The summed E-state index contributed by atoms with van der Waals surface area (Å²) in [7, 11) is 0. The Hall–Kier alpha value is -0.830. The number of amides is 2. The van der Waals surface area contributed by atoms with E-state index in [9.17, 15) is 14.7 Å². The molecule has 1 unspecified atom stereocenters. The summed E-state index contributed by atoms with van der Waals surface area (Å²) in [6.07, 6.45) is 0.593. The molecule has 0 aliphatic carbocycles. The fraction of sp³-hybridized carbons (Fsp3) is 0.889. The fourth-order valence-corrected chi connectivity index (χ4v) is 4.69. The van der Waals surface area contributed by atoms with Gasteiger partial charge >= 0.3 is 6.09 Å². The van der Waals surface area contributed by atoms with Gasteiger partial charge in [-0.2, -0.15) is 0 Å². The minimum absolute atomic E-state index is 0.0709. The highest BCUT2D eigenvalue weighted by Crippen LogP contribution is 2.46. The van der Waals surface area contributed by atoms with Crippen LogP contribution in [0, 0.1) is 11.3 Å². The zero-order valence-electron chi connectivity index (χ0n) is 16.5. The highest BCUT2D eigenvalue weighted by atomic mass is 32.2. The molecule has 2 saturated heterocycles. The summed E-state index contributed by atoms with van der Waals surface area (Å²) < 4.78 is 16.8. The van der Waals surface area contributed by atoms with Crippen LogP contribution in [0.1, 0.15) is 41.0 Å². The van der Waals surface area contributed by atoms with E-state index in [4.69, 9.17) is 14.2 Å². The van der Waals surface area contributed by atoms with Crippen molar-refractivity contribution in [2.24, 2.45) is 11.3 Å². The Kier molecular flexibility index (Phi) is 6.64. The summed E-state index contributed by atoms with van der Waals surface area (Å²) >= 11 is 1.22. The van der Waals surface area contributed by atoms with Crippen molar-refractivity contribution in [3.63, 3.8) is 0 Å². The van der Waals surface area contributed by atoms with Crippen LogP contribution in [0.5, 0.6) is 0 Å². The molecule has 0 radical (unpaired) electrons. The molecular formula is C18H31NO6S. The SMILES string of the molecule is CCC1(C(C)(C)[C@H](O)C(SC)C(=O)N2C(=O)OC[C@@H]2C(C)C)OCCO1. The Morgan fingerprint density at radius 2 is 1.96 bits per heavy atom. The molecule has 1 N–H and O–H groups in total. The van der Waals surface area contributed by atoms with Crippen LogP contribution < -0.4 is 0 Å². The second-order valence-electron chi connectivity index (χ2n) is 7.72. The number of carbonyl (C=O) groups excluding carboxylic acids is 2. The van der Waals surface area contributed by atoms with Gasteiger partial charge in [-0.25, -0.2) is 9.69 Å². The largest absolute Gasteiger partial charge is 0.447 e. The number of aliphatic hydroxyl groups is 1. The molecule has 26 heavy (non-hydrogen) atoms. The highest BCUT2D eigenvalue weighted by Gasteiger charge is 2.56. The number of carbonyl (C=O) groups is 2. The summed E-state index contributed by atoms with van der Waals surface area (Å²) in [5.41, 5.74) is -0.849. The van der Waals surface area contributed by atoms with Crippen molar-refractivity contribution < 1.29 is 28.9 Å². The van der Waals surface area contributed by atoms with Crippen molar-refractivity contribution in [2.45, 2.75) is 64.2 Å². The van der Waals surface area contributed by atoms with Crippen LogP contribution in [0.15, 0.2) is 0 Å². The van der Waals surface area contributed by atoms with Crippen molar-refractivity contribution in [1.29, 1.82) is 0 Å². The number of aliphatic hydroxyl groups excluding tert-OH is 1. The predicted molar refractivity (Wildman–Crippen MR) is 98.8 cm³/mol. The smallest absolute Gasteiger partial charge is 0.417 e. The minimum Gasteiger partial charge on any atom is -0.447 e. The Balaban J connectivity index is 2.28. The number of ether oxygens (including phenoxy) is 3. The van der Waals surface area contributed by atoms with Crippen molar-refractivity contribution >= 4 is 23.8 Å². The van der Waals surface area contributed by atoms with Crippen LogP contribution in [0.3, 0.4) is 0 Å². The molecule has 0 aromatic rings. The zero-order chi connectivity index (χ0) is 19.7. The second kappa shape index (κ2) is 8.04. The van der Waals surface area contributed by atoms with Crippen LogP contribution in [-0.2, 0) is 19.0 Å². The van der Waals surface area contributed by atoms with Gasteiger partial charge in [-0.1, -0.05) is 34.6 Å². The van der Waals surface area contributed by atoms with Crippen LogP contribution in [-0.4, -0.2) is 71.3 Å². The van der Waals surface area contributed by atoms with Crippen molar-refractivity contribution in [2.75, 3.05) is 26.1 Å². The molecule has 2 fully saturated rings. The molecule has 3 atom stereocenters. The van der Waals surface area contributed by atoms with E-state index >= 15 is 0 Å². The first-order chi connectivity index (χ1) is 12.1. The van der Waals surface area contributed by atoms with Crippen LogP contribution in [0.25, 0.3) is 0 Å². The van der Waals surface area contributed by atoms with E-state index in [1.807, 2.05) is 34.6 Å². The van der Waals surface area contributed by atoms with Crippen molar-refractivity contribution in [3.8, 4) is 0 Å². The molecule has 0 spiro atoms. The molecule has 2 heterocycles. The van der Waals surface area contributed by atoms with E-state index in [-0.39, 0.29) is 18.6 Å². The molecule has 2 aliphatic rings. The normalized spacial score (nSPS) is 25.5. The van der Waals surface area contributed by atoms with Gasteiger partial charge in [0, 0.05) is 5.41 Å². The quantitative estimate of drug-likeness (QED) is 0.715. The van der Waals surface area contributed by atoms with E-state index in [0.29, 0.717) is 19.6 Å². The molecule has 0 aromatic heterocycles. The third-order valence-electron chi connectivity index (χ3n) is 5.64. The molecule has 2 aliphatic heterocycles. The second-order valence-corrected chi connectivity index (χ2v) is 8.70. The van der Waals surface area contributed by atoms with Gasteiger partial charge in [-0.3, -0.25) is 4.79 Å². The van der Waals surface area contributed by atoms with E-state index < -0.39 is 34.6 Å². The van der Waals surface area contributed by atoms with Gasteiger partial charge in [-0.15, -0.1) is 11.8 Å². The maximum atomic E-state index is 13.2. The molecule has 2 amide bonds. The third-order valence-corrected chi connectivity index (χ3v) is 6.60. The molecule has 2 rings (SSSR count). The number of nitrogens with zero attached hydrogens (tertiary/aromatic N) is 1. The summed E-state index contributed by atoms with van der Waals surface area (Å²) in [6, 6.07) is -0.320. The van der Waals surface area contributed by atoms with Gasteiger partial charge in [0.2, 0.25) is 5.91 Å². The van der Waals surface area contributed by atoms with Crippen molar-refractivity contribution in [3.05, 3.63) is 0 Å². The lowest BCUT2D eigenvalue weighted by Crippen LogP contribution is -2.59. The molecular weight excluding hydrogens is 358 g/mol. The van der Waals surface area contributed by atoms with Gasteiger partial charge in [0.1, 0.15) is 11.9 Å². The molecule has 0 saturated carbocycles. The summed E-state index contributed by atoms with van der Waals surface area (Å²) in [5, 5.41) is 10.3. The van der Waals surface area contributed by atoms with Crippen molar-refractivity contribution in [1.82, 2.24) is 4.90 Å². The highest BCUT2D eigenvalue weighted by molar-refractivity contribution is 8.00. The van der Waals surface area contributed by atoms with Crippen LogP contribution in [0.4, 0.5) is 4.79 Å². The van der Waals surface area contributed by atoms with E-state index in [2.05, 4.69) is 0 Å². The molecule has 8 heteroatoms. The third kappa shape index (κ3) is 3.48. The Bertz CT molecular complexity index is 532. The summed E-state index contributed by atoms with van der Waals surface area (Å²) in [6.45, 7) is 10.6. The van der Waals surface area contributed by atoms with Gasteiger partial charge < -0.3 is 19.3 Å². The number of rotatable bonds is 7. The molecule has 0 aromatic carbocycles. The van der Waals surface area contributed by atoms with E-state index in [1.165, 1.54) is 16.7 Å². The van der Waals surface area contributed by atoms with E-state index in [1.54, 1.807) is 6.26 Å². The van der Waals surface area contributed by atoms with Gasteiger partial charge in [-0.05, 0) is 18.6 Å². The number of thioether (sulfide) groups is 1. The first-order valence-electron chi connectivity index (χ1n) is 9.11. The maximum Gasteiger partial charge on any atom is 0.417 e. The molecule has 150 valence electrons. The van der Waals surface area contributed by atoms with Gasteiger partial charge in [0.25, 0.3) is 0 Å². The first-order valence-corrected chi connectivity index (χ1v) is 10.4. The standard InChI is InChI=1S/C18H31NO6S/c1-7-18(24-8-9-25-18)17(4,5)14(20)13(26-6)15(21)19-12(11(2)3)10-23-16(19)22/h11-14,20H,7-10H2,1-6H3/t12-,13?,14-/m1/s1. The molecule has 0 bridgehead atoms. The topological polar surface area (TPSA) is 85.3 Å². The number of cyclic esters (lactones) is 1. The lowest BCUT2D eigenvalue weighted by atomic mass is 9.75. The number of hydrogen-bond acceptors (Lipinski definition) is 7. The zero-order valence-corrected chi connectivity index (χ0v) is 17.3. The first kappa shape index (κ1) is 21.5. The number of hydrogen-bond donors (Lipinski definition) is 1.